The minimum absolute atomic E-state index is 0.160. The van der Waals surface area contributed by atoms with Crippen LogP contribution in [0.3, 0.4) is 0 Å². The van der Waals surface area contributed by atoms with E-state index >= 15 is 0 Å². The molecule has 0 saturated heterocycles. The lowest BCUT2D eigenvalue weighted by Gasteiger charge is -2.28. The van der Waals surface area contributed by atoms with Crippen molar-refractivity contribution in [2.75, 3.05) is 17.6 Å². The smallest absolute Gasteiger partial charge is 0.255 e. The summed E-state index contributed by atoms with van der Waals surface area (Å²) in [6.45, 7) is 2.71. The summed E-state index contributed by atoms with van der Waals surface area (Å²) in [6.07, 6.45) is 1.28. The van der Waals surface area contributed by atoms with Crippen molar-refractivity contribution in [2.45, 2.75) is 26.3 Å². The van der Waals surface area contributed by atoms with E-state index in [1.165, 1.54) is 4.31 Å². The Morgan fingerprint density at radius 1 is 1.19 bits per heavy atom. The Morgan fingerprint density at radius 2 is 2.00 bits per heavy atom. The number of sulfonamides is 1. The van der Waals surface area contributed by atoms with Crippen molar-refractivity contribution in [1.82, 2.24) is 4.31 Å². The van der Waals surface area contributed by atoms with Crippen LogP contribution in [-0.2, 0) is 23.0 Å². The van der Waals surface area contributed by atoms with E-state index in [0.29, 0.717) is 42.2 Å². The zero-order valence-corrected chi connectivity index (χ0v) is 16.1. The molecule has 138 valence electrons. The summed E-state index contributed by atoms with van der Waals surface area (Å²) >= 11 is 5.93. The molecule has 0 bridgehead atoms. The fraction of sp³-hybridized carbons (Fsp3) is 0.316. The van der Waals surface area contributed by atoms with E-state index in [4.69, 9.17) is 11.6 Å². The Kier molecular flexibility index (Phi) is 5.65. The predicted molar refractivity (Wildman–Crippen MR) is 104 cm³/mol. The van der Waals surface area contributed by atoms with Crippen LogP contribution in [0.25, 0.3) is 0 Å². The van der Waals surface area contributed by atoms with Gasteiger partial charge in [0, 0.05) is 29.4 Å². The molecule has 3 rings (SSSR count). The maximum atomic E-state index is 12.4. The molecule has 1 aliphatic heterocycles. The van der Waals surface area contributed by atoms with Crippen LogP contribution in [0.2, 0.25) is 5.02 Å². The number of carbonyl (C=O) groups excluding carboxylic acids is 1. The first-order valence-corrected chi connectivity index (χ1v) is 10.5. The Hall–Kier alpha value is -1.89. The van der Waals surface area contributed by atoms with Gasteiger partial charge < -0.3 is 5.32 Å². The summed E-state index contributed by atoms with van der Waals surface area (Å²) in [6, 6.07) is 12.4. The lowest BCUT2D eigenvalue weighted by Crippen LogP contribution is -2.37. The average molecular weight is 393 g/mol. The van der Waals surface area contributed by atoms with Crippen molar-refractivity contribution < 1.29 is 13.2 Å². The van der Waals surface area contributed by atoms with Gasteiger partial charge in [0.1, 0.15) is 0 Å². The molecule has 1 N–H and O–H groups in total. The summed E-state index contributed by atoms with van der Waals surface area (Å²) in [4.78, 5) is 12.4. The maximum absolute atomic E-state index is 12.4. The van der Waals surface area contributed by atoms with Gasteiger partial charge in [-0.2, -0.15) is 4.31 Å². The van der Waals surface area contributed by atoms with Gasteiger partial charge in [-0.15, -0.1) is 0 Å². The van der Waals surface area contributed by atoms with Crippen LogP contribution in [0.1, 0.15) is 34.8 Å². The highest BCUT2D eigenvalue weighted by Crippen LogP contribution is 2.25. The monoisotopic (exact) mass is 392 g/mol. The number of benzene rings is 2. The second-order valence-corrected chi connectivity index (χ2v) is 8.87. The van der Waals surface area contributed by atoms with Crippen LogP contribution in [-0.4, -0.2) is 30.9 Å². The van der Waals surface area contributed by atoms with Gasteiger partial charge in [0.25, 0.3) is 5.91 Å². The van der Waals surface area contributed by atoms with Gasteiger partial charge in [0.2, 0.25) is 10.0 Å². The van der Waals surface area contributed by atoms with Crippen LogP contribution in [0.5, 0.6) is 0 Å². The molecular weight excluding hydrogens is 372 g/mol. The molecule has 0 unspecified atom stereocenters. The molecule has 0 atom stereocenters. The number of halogens is 1. The SMILES string of the molecule is CCCS(=O)(=O)N1CCc2ccc(NC(=O)c3cccc(Cl)c3)cc2C1. The molecule has 0 aliphatic carbocycles. The summed E-state index contributed by atoms with van der Waals surface area (Å²) in [5.41, 5.74) is 3.17. The van der Waals surface area contributed by atoms with Crippen LogP contribution in [0.4, 0.5) is 5.69 Å². The van der Waals surface area contributed by atoms with E-state index in [9.17, 15) is 13.2 Å². The minimum Gasteiger partial charge on any atom is -0.322 e. The first kappa shape index (κ1) is 18.9. The lowest BCUT2D eigenvalue weighted by atomic mass is 10.0. The summed E-state index contributed by atoms with van der Waals surface area (Å²) in [7, 11) is -3.23. The second-order valence-electron chi connectivity index (χ2n) is 6.35. The molecule has 0 aromatic heterocycles. The third-order valence-electron chi connectivity index (χ3n) is 4.38. The third-order valence-corrected chi connectivity index (χ3v) is 6.64. The zero-order valence-electron chi connectivity index (χ0n) is 14.5. The van der Waals surface area contributed by atoms with E-state index in [1.54, 1.807) is 24.3 Å². The van der Waals surface area contributed by atoms with E-state index in [-0.39, 0.29) is 11.7 Å². The fourth-order valence-corrected chi connectivity index (χ4v) is 4.74. The normalized spacial score (nSPS) is 14.7. The number of hydrogen-bond donors (Lipinski definition) is 1. The Morgan fingerprint density at radius 3 is 2.73 bits per heavy atom. The standard InChI is InChI=1S/C19H21ClN2O3S/c1-2-10-26(24,25)22-9-8-14-6-7-18(12-16(14)13-22)21-19(23)15-4-3-5-17(20)11-15/h3-7,11-12H,2,8-10,13H2,1H3,(H,21,23). The number of fused-ring (bicyclic) bond motifs is 1. The molecule has 1 amide bonds. The fourth-order valence-electron chi connectivity index (χ4n) is 3.07. The molecule has 5 nitrogen and oxygen atoms in total. The molecule has 26 heavy (non-hydrogen) atoms. The maximum Gasteiger partial charge on any atom is 0.255 e. The van der Waals surface area contributed by atoms with Gasteiger partial charge in [-0.3, -0.25) is 4.79 Å². The number of amides is 1. The minimum atomic E-state index is -3.23. The van der Waals surface area contributed by atoms with Crippen LogP contribution in [0.15, 0.2) is 42.5 Å². The Bertz CT molecular complexity index is 928. The molecule has 0 saturated carbocycles. The second kappa shape index (κ2) is 7.78. The number of anilines is 1. The number of hydrogen-bond acceptors (Lipinski definition) is 3. The van der Waals surface area contributed by atoms with Crippen molar-refractivity contribution >= 4 is 33.2 Å². The molecule has 2 aromatic rings. The molecule has 1 heterocycles. The van der Waals surface area contributed by atoms with Gasteiger partial charge in [-0.05, 0) is 54.3 Å². The van der Waals surface area contributed by atoms with Gasteiger partial charge in [-0.25, -0.2) is 8.42 Å². The molecule has 0 radical (unpaired) electrons. The summed E-state index contributed by atoms with van der Waals surface area (Å²) < 4.78 is 26.2. The Labute approximate surface area is 159 Å². The van der Waals surface area contributed by atoms with Crippen LogP contribution >= 0.6 is 11.6 Å². The third kappa shape index (κ3) is 4.26. The summed E-state index contributed by atoms with van der Waals surface area (Å²) in [5.74, 6) is -0.0909. The van der Waals surface area contributed by atoms with Gasteiger partial charge in [0.15, 0.2) is 0 Å². The molecule has 1 aliphatic rings. The number of nitrogens with one attached hydrogen (secondary N) is 1. The zero-order chi connectivity index (χ0) is 18.7. The van der Waals surface area contributed by atoms with Crippen molar-refractivity contribution in [1.29, 1.82) is 0 Å². The topological polar surface area (TPSA) is 66.5 Å². The largest absolute Gasteiger partial charge is 0.322 e. The number of carbonyl (C=O) groups is 1. The highest BCUT2D eigenvalue weighted by molar-refractivity contribution is 7.89. The number of nitrogens with zero attached hydrogens (tertiary/aromatic N) is 1. The van der Waals surface area contributed by atoms with Gasteiger partial charge in [0.05, 0.1) is 5.75 Å². The van der Waals surface area contributed by atoms with Crippen molar-refractivity contribution in [3.63, 3.8) is 0 Å². The predicted octanol–water partition coefficient (Wildman–Crippen LogP) is 3.69. The number of rotatable bonds is 5. The van der Waals surface area contributed by atoms with Crippen molar-refractivity contribution in [3.05, 3.63) is 64.2 Å². The van der Waals surface area contributed by atoms with E-state index in [2.05, 4.69) is 5.32 Å². The van der Waals surface area contributed by atoms with E-state index in [0.717, 1.165) is 11.1 Å². The van der Waals surface area contributed by atoms with E-state index in [1.807, 2.05) is 25.1 Å². The molecule has 0 spiro atoms. The molecular formula is C19H21ClN2O3S. The first-order valence-electron chi connectivity index (χ1n) is 8.55. The van der Waals surface area contributed by atoms with Gasteiger partial charge >= 0.3 is 0 Å². The average Bonchev–Trinajstić information content (AvgIpc) is 2.61. The van der Waals surface area contributed by atoms with Crippen LogP contribution < -0.4 is 5.32 Å². The summed E-state index contributed by atoms with van der Waals surface area (Å²) in [5, 5.41) is 3.35. The quantitative estimate of drug-likeness (QED) is 0.843. The van der Waals surface area contributed by atoms with E-state index < -0.39 is 10.0 Å². The highest BCUT2D eigenvalue weighted by atomic mass is 35.5. The lowest BCUT2D eigenvalue weighted by molar-refractivity contribution is 0.102. The van der Waals surface area contributed by atoms with Crippen molar-refractivity contribution in [3.8, 4) is 0 Å². The Balaban J connectivity index is 1.78. The molecule has 0 fully saturated rings. The molecule has 2 aromatic carbocycles. The highest BCUT2D eigenvalue weighted by Gasteiger charge is 2.26. The van der Waals surface area contributed by atoms with Crippen LogP contribution in [0, 0.1) is 0 Å². The van der Waals surface area contributed by atoms with Gasteiger partial charge in [-0.1, -0.05) is 30.7 Å². The first-order chi connectivity index (χ1) is 12.4. The molecule has 7 heteroatoms. The van der Waals surface area contributed by atoms with Crippen molar-refractivity contribution in [2.24, 2.45) is 0 Å².